The zero-order valence-corrected chi connectivity index (χ0v) is 20.4. The highest BCUT2D eigenvalue weighted by atomic mass is 32.1. The first-order valence-corrected chi connectivity index (χ1v) is 13.0. The first-order valence-electron chi connectivity index (χ1n) is 12.1. The number of hydrogen-bond donors (Lipinski definition) is 1. The molecule has 2 aromatic rings. The highest BCUT2D eigenvalue weighted by molar-refractivity contribution is 7.09. The van der Waals surface area contributed by atoms with Gasteiger partial charge in [0.2, 0.25) is 0 Å². The zero-order valence-electron chi connectivity index (χ0n) is 19.6. The number of carbonyl (C=O) groups excluding carboxylic acids is 1. The zero-order chi connectivity index (χ0) is 23.1. The van der Waals surface area contributed by atoms with Crippen LogP contribution in [-0.4, -0.2) is 41.0 Å². The summed E-state index contributed by atoms with van der Waals surface area (Å²) in [6.45, 7) is 6.27. The maximum atomic E-state index is 12.1. The van der Waals surface area contributed by atoms with Gasteiger partial charge in [-0.05, 0) is 81.5 Å². The summed E-state index contributed by atoms with van der Waals surface area (Å²) < 4.78 is 17.9. The molecule has 1 aromatic heterocycles. The Bertz CT molecular complexity index is 1020. The van der Waals surface area contributed by atoms with Crippen molar-refractivity contribution in [3.8, 4) is 5.75 Å². The molecule has 1 saturated heterocycles. The van der Waals surface area contributed by atoms with Gasteiger partial charge in [0, 0.05) is 17.7 Å². The lowest BCUT2D eigenvalue weighted by molar-refractivity contribution is -0.0812. The first kappa shape index (κ1) is 22.8. The molecule has 2 aliphatic carbocycles. The molecule has 6 nitrogen and oxygen atoms in total. The number of aromatic nitrogens is 1. The molecule has 1 saturated carbocycles. The van der Waals surface area contributed by atoms with Crippen LogP contribution in [0.4, 0.5) is 0 Å². The van der Waals surface area contributed by atoms with Gasteiger partial charge >= 0.3 is 5.97 Å². The average molecular weight is 472 g/mol. The number of esters is 1. The van der Waals surface area contributed by atoms with E-state index in [1.807, 2.05) is 13.8 Å². The fourth-order valence-electron chi connectivity index (χ4n) is 5.61. The molecule has 0 bridgehead atoms. The van der Waals surface area contributed by atoms with Gasteiger partial charge in [0.25, 0.3) is 0 Å². The topological polar surface area (TPSA) is 77.9 Å². The highest BCUT2D eigenvalue weighted by Gasteiger charge is 2.47. The van der Waals surface area contributed by atoms with Crippen LogP contribution >= 0.6 is 11.3 Å². The Morgan fingerprint density at radius 3 is 2.85 bits per heavy atom. The molecule has 0 spiro atoms. The van der Waals surface area contributed by atoms with Crippen LogP contribution in [0.25, 0.3) is 0 Å². The quantitative estimate of drug-likeness (QED) is 0.610. The van der Waals surface area contributed by atoms with Crippen LogP contribution in [0.5, 0.6) is 5.75 Å². The number of benzene rings is 1. The second kappa shape index (κ2) is 9.35. The average Bonchev–Trinajstić information content (AvgIpc) is 3.49. The predicted octanol–water partition coefficient (Wildman–Crippen LogP) is 4.80. The Morgan fingerprint density at radius 1 is 1.27 bits per heavy atom. The van der Waals surface area contributed by atoms with Crippen LogP contribution in [0.1, 0.15) is 77.8 Å². The molecule has 5 rings (SSSR count). The van der Waals surface area contributed by atoms with Gasteiger partial charge in [0.05, 0.1) is 24.9 Å². The van der Waals surface area contributed by atoms with E-state index in [-0.39, 0.29) is 30.1 Å². The summed E-state index contributed by atoms with van der Waals surface area (Å²) >= 11 is 1.44. The number of aliphatic hydroxyl groups is 1. The molecule has 5 atom stereocenters. The first-order chi connectivity index (χ1) is 15.9. The molecule has 0 amide bonds. The number of fused-ring (bicyclic) bond motifs is 2. The van der Waals surface area contributed by atoms with Crippen molar-refractivity contribution in [3.63, 3.8) is 0 Å². The lowest BCUT2D eigenvalue weighted by Crippen LogP contribution is -2.33. The van der Waals surface area contributed by atoms with Gasteiger partial charge in [-0.3, -0.25) is 0 Å². The van der Waals surface area contributed by atoms with Crippen molar-refractivity contribution in [2.24, 2.45) is 11.8 Å². The van der Waals surface area contributed by atoms with Crippen molar-refractivity contribution in [1.29, 1.82) is 0 Å². The number of aliphatic hydroxyl groups excluding tert-OH is 1. The van der Waals surface area contributed by atoms with Gasteiger partial charge in [-0.15, -0.1) is 11.3 Å². The molecule has 3 aliphatic rings. The summed E-state index contributed by atoms with van der Waals surface area (Å²) in [5.74, 6) is 0.897. The van der Waals surface area contributed by atoms with E-state index in [0.29, 0.717) is 18.7 Å². The van der Waals surface area contributed by atoms with Crippen molar-refractivity contribution in [2.75, 3.05) is 6.61 Å². The Balaban J connectivity index is 1.21. The van der Waals surface area contributed by atoms with Crippen molar-refractivity contribution in [1.82, 2.24) is 4.98 Å². The smallest absolute Gasteiger partial charge is 0.358 e. The SMILES string of the molecule is Cc1cc2c(cc1OC[C@@H]1[C@H]3CC[C@H](c4nc(C(=O)OC(C)C)cs4)O[C@H]3C[C@H]1O)CCC2. The van der Waals surface area contributed by atoms with E-state index in [0.717, 1.165) is 30.0 Å². The number of hydrogen-bond acceptors (Lipinski definition) is 7. The number of thiazole rings is 1. The molecule has 33 heavy (non-hydrogen) atoms. The highest BCUT2D eigenvalue weighted by Crippen LogP contribution is 2.46. The lowest BCUT2D eigenvalue weighted by Gasteiger charge is -2.34. The minimum atomic E-state index is -0.429. The second-order valence-corrected chi connectivity index (χ2v) is 10.8. The van der Waals surface area contributed by atoms with E-state index in [1.165, 1.54) is 40.9 Å². The van der Waals surface area contributed by atoms with Crippen molar-refractivity contribution < 1.29 is 24.1 Å². The number of ether oxygens (including phenoxy) is 3. The van der Waals surface area contributed by atoms with Gasteiger partial charge in [0.15, 0.2) is 5.69 Å². The van der Waals surface area contributed by atoms with Crippen LogP contribution in [0.2, 0.25) is 0 Å². The Kier molecular flexibility index (Phi) is 6.47. The van der Waals surface area contributed by atoms with E-state index >= 15 is 0 Å². The van der Waals surface area contributed by atoms with Crippen LogP contribution in [-0.2, 0) is 22.3 Å². The van der Waals surface area contributed by atoms with Crippen molar-refractivity contribution in [2.45, 2.75) is 83.7 Å². The lowest BCUT2D eigenvalue weighted by atomic mass is 9.87. The van der Waals surface area contributed by atoms with Crippen LogP contribution in [0.15, 0.2) is 17.5 Å². The van der Waals surface area contributed by atoms with E-state index in [2.05, 4.69) is 24.0 Å². The minimum absolute atomic E-state index is 0.0107. The molecule has 1 aliphatic heterocycles. The minimum Gasteiger partial charge on any atom is -0.493 e. The molecule has 1 aromatic carbocycles. The number of rotatable bonds is 6. The van der Waals surface area contributed by atoms with E-state index in [4.69, 9.17) is 14.2 Å². The molecule has 1 N–H and O–H groups in total. The summed E-state index contributed by atoms with van der Waals surface area (Å²) in [4.78, 5) is 16.6. The maximum Gasteiger partial charge on any atom is 0.358 e. The van der Waals surface area contributed by atoms with Gasteiger partial charge < -0.3 is 19.3 Å². The summed E-state index contributed by atoms with van der Waals surface area (Å²) in [7, 11) is 0. The normalized spacial score (nSPS) is 28.6. The monoisotopic (exact) mass is 471 g/mol. The second-order valence-electron chi connectivity index (χ2n) is 9.95. The summed E-state index contributed by atoms with van der Waals surface area (Å²) in [6, 6.07) is 4.47. The molecule has 0 radical (unpaired) electrons. The third-order valence-electron chi connectivity index (χ3n) is 7.27. The molecule has 0 unspecified atom stereocenters. The Labute approximate surface area is 199 Å². The van der Waals surface area contributed by atoms with Crippen LogP contribution in [0.3, 0.4) is 0 Å². The Hall–Kier alpha value is -1.96. The summed E-state index contributed by atoms with van der Waals surface area (Å²) in [6.07, 6.45) is 5.17. The maximum absolute atomic E-state index is 12.1. The fraction of sp³-hybridized carbons (Fsp3) is 0.615. The number of aryl methyl sites for hydroxylation is 3. The number of nitrogens with zero attached hydrogens (tertiary/aromatic N) is 1. The largest absolute Gasteiger partial charge is 0.493 e. The molecule has 2 heterocycles. The van der Waals surface area contributed by atoms with E-state index < -0.39 is 12.1 Å². The summed E-state index contributed by atoms with van der Waals surface area (Å²) in [5.41, 5.74) is 4.38. The third kappa shape index (κ3) is 4.68. The van der Waals surface area contributed by atoms with Gasteiger partial charge in [0.1, 0.15) is 16.9 Å². The molecular formula is C26H33NO5S. The van der Waals surface area contributed by atoms with Crippen LogP contribution in [0, 0.1) is 18.8 Å². The van der Waals surface area contributed by atoms with Gasteiger partial charge in [-0.2, -0.15) is 0 Å². The van der Waals surface area contributed by atoms with Gasteiger partial charge in [-0.1, -0.05) is 6.07 Å². The molecule has 178 valence electrons. The third-order valence-corrected chi connectivity index (χ3v) is 8.20. The standard InChI is InChI=1S/C26H33NO5S/c1-14(2)31-26(29)20-13-33-25(27-20)22-8-7-18-19(21(28)11-24(18)32-22)12-30-23-10-17-6-4-5-16(17)9-15(23)3/h9-10,13-14,18-19,21-22,24,28H,4-8,11-12H2,1-3H3/t18-,19-,21-,22-,24+/m1/s1. The Morgan fingerprint density at radius 2 is 2.06 bits per heavy atom. The molecular weight excluding hydrogens is 438 g/mol. The van der Waals surface area contributed by atoms with Crippen LogP contribution < -0.4 is 4.74 Å². The van der Waals surface area contributed by atoms with Gasteiger partial charge in [-0.25, -0.2) is 9.78 Å². The summed E-state index contributed by atoms with van der Waals surface area (Å²) in [5, 5.41) is 13.4. The number of carbonyl (C=O) groups is 1. The van der Waals surface area contributed by atoms with Crippen molar-refractivity contribution in [3.05, 3.63) is 44.9 Å². The van der Waals surface area contributed by atoms with E-state index in [1.54, 1.807) is 5.38 Å². The molecule has 2 fully saturated rings. The predicted molar refractivity (Wildman–Crippen MR) is 126 cm³/mol. The molecule has 7 heteroatoms. The fourth-order valence-corrected chi connectivity index (χ4v) is 6.47. The van der Waals surface area contributed by atoms with Crippen molar-refractivity contribution >= 4 is 17.3 Å². The van der Waals surface area contributed by atoms with E-state index in [9.17, 15) is 9.90 Å².